The number of nitrogens with zero attached hydrogens (tertiary/aromatic N) is 1. The van der Waals surface area contributed by atoms with Gasteiger partial charge >= 0.3 is 0 Å². The maximum Gasteiger partial charge on any atom is 0.0625 e. The minimum absolute atomic E-state index is 0.621. The van der Waals surface area contributed by atoms with Crippen LogP contribution in [0.5, 0.6) is 0 Å². The zero-order valence-corrected chi connectivity index (χ0v) is 12.4. The van der Waals surface area contributed by atoms with Crippen molar-refractivity contribution in [1.29, 1.82) is 5.26 Å². The fourth-order valence-corrected chi connectivity index (χ4v) is 3.75. The summed E-state index contributed by atoms with van der Waals surface area (Å²) in [5.41, 5.74) is 2.85. The van der Waals surface area contributed by atoms with Crippen LogP contribution in [0.2, 0.25) is 0 Å². The molecule has 1 aliphatic rings. The molecule has 1 fully saturated rings. The molecule has 2 heteroatoms. The maximum absolute atomic E-state index is 8.78. The molecular weight excluding hydrogens is 286 g/mol. The lowest BCUT2D eigenvalue weighted by Gasteiger charge is -2.20. The van der Waals surface area contributed by atoms with E-state index in [2.05, 4.69) is 40.2 Å². The van der Waals surface area contributed by atoms with Crippen LogP contribution in [0.1, 0.15) is 62.0 Å². The lowest BCUT2D eigenvalue weighted by atomic mass is 9.87. The Morgan fingerprint density at radius 2 is 1.89 bits per heavy atom. The Morgan fingerprint density at radius 3 is 2.56 bits per heavy atom. The molecule has 96 valence electrons. The molecule has 0 spiro atoms. The predicted molar refractivity (Wildman–Crippen MR) is 78.5 cm³/mol. The molecular formula is C16H20BrN. The molecule has 0 aliphatic heterocycles. The second-order valence-electron chi connectivity index (χ2n) is 5.16. The quantitative estimate of drug-likeness (QED) is 0.691. The molecule has 0 amide bonds. The molecule has 0 heterocycles. The zero-order chi connectivity index (χ0) is 12.8. The second kappa shape index (κ2) is 6.95. The van der Waals surface area contributed by atoms with Gasteiger partial charge in [-0.15, -0.1) is 0 Å². The van der Waals surface area contributed by atoms with Crippen LogP contribution in [-0.2, 0) is 6.42 Å². The van der Waals surface area contributed by atoms with Crippen LogP contribution in [0.25, 0.3) is 0 Å². The summed E-state index contributed by atoms with van der Waals surface area (Å²) in [7, 11) is 0. The third-order valence-electron chi connectivity index (χ3n) is 3.91. The highest BCUT2D eigenvalue weighted by atomic mass is 79.9. The van der Waals surface area contributed by atoms with Crippen LogP contribution >= 0.6 is 15.9 Å². The van der Waals surface area contributed by atoms with Crippen molar-refractivity contribution in [2.45, 2.75) is 57.3 Å². The first-order valence-corrected chi connectivity index (χ1v) is 7.76. The first kappa shape index (κ1) is 13.6. The van der Waals surface area contributed by atoms with Crippen LogP contribution in [0.3, 0.4) is 0 Å². The van der Waals surface area contributed by atoms with E-state index in [-0.39, 0.29) is 0 Å². The van der Waals surface area contributed by atoms with E-state index in [0.29, 0.717) is 12.3 Å². The summed E-state index contributed by atoms with van der Waals surface area (Å²) < 4.78 is 1.24. The molecule has 0 aromatic heterocycles. The van der Waals surface area contributed by atoms with Gasteiger partial charge in [0, 0.05) is 10.9 Å². The van der Waals surface area contributed by atoms with Crippen molar-refractivity contribution in [2.24, 2.45) is 0 Å². The molecule has 1 nitrogen and oxygen atoms in total. The number of aryl methyl sites for hydroxylation is 1. The van der Waals surface area contributed by atoms with Crippen molar-refractivity contribution in [3.63, 3.8) is 0 Å². The highest BCUT2D eigenvalue weighted by Crippen LogP contribution is 2.37. The monoisotopic (exact) mass is 305 g/mol. The largest absolute Gasteiger partial charge is 0.198 e. The van der Waals surface area contributed by atoms with Gasteiger partial charge in [-0.05, 0) is 42.4 Å². The van der Waals surface area contributed by atoms with Gasteiger partial charge in [-0.25, -0.2) is 0 Å². The topological polar surface area (TPSA) is 23.8 Å². The van der Waals surface area contributed by atoms with E-state index in [1.54, 1.807) is 0 Å². The Kier molecular flexibility index (Phi) is 5.26. The predicted octanol–water partition coefficient (Wildman–Crippen LogP) is 5.34. The first-order chi connectivity index (χ1) is 8.83. The van der Waals surface area contributed by atoms with E-state index < -0.39 is 0 Å². The van der Waals surface area contributed by atoms with Crippen LogP contribution in [0.15, 0.2) is 22.7 Å². The minimum atomic E-state index is 0.621. The molecule has 1 aliphatic carbocycles. The number of rotatable bonds is 3. The van der Waals surface area contributed by atoms with Gasteiger partial charge in [-0.2, -0.15) is 5.26 Å². The van der Waals surface area contributed by atoms with E-state index in [9.17, 15) is 0 Å². The molecule has 1 aromatic carbocycles. The van der Waals surface area contributed by atoms with E-state index in [4.69, 9.17) is 5.26 Å². The lowest BCUT2D eigenvalue weighted by Crippen LogP contribution is -2.03. The Hall–Kier alpha value is -0.810. The number of hydrogen-bond donors (Lipinski definition) is 0. The molecule has 0 atom stereocenters. The van der Waals surface area contributed by atoms with Crippen molar-refractivity contribution >= 4 is 15.9 Å². The fraction of sp³-hybridized carbons (Fsp3) is 0.562. The Balaban J connectivity index is 2.25. The first-order valence-electron chi connectivity index (χ1n) is 6.97. The third-order valence-corrected chi connectivity index (χ3v) is 4.60. The smallest absolute Gasteiger partial charge is 0.0625 e. The van der Waals surface area contributed by atoms with Crippen LogP contribution in [0, 0.1) is 11.3 Å². The number of halogens is 1. The Bertz CT molecular complexity index is 425. The summed E-state index contributed by atoms with van der Waals surface area (Å²) in [6, 6.07) is 8.70. The molecule has 1 aromatic rings. The van der Waals surface area contributed by atoms with Crippen LogP contribution in [-0.4, -0.2) is 0 Å². The van der Waals surface area contributed by atoms with Crippen molar-refractivity contribution in [3.8, 4) is 6.07 Å². The number of benzene rings is 1. The van der Waals surface area contributed by atoms with Gasteiger partial charge in [0.15, 0.2) is 0 Å². The molecule has 0 unspecified atom stereocenters. The summed E-state index contributed by atoms with van der Waals surface area (Å²) in [5.74, 6) is 0.691. The van der Waals surface area contributed by atoms with Gasteiger partial charge in [0.2, 0.25) is 0 Å². The van der Waals surface area contributed by atoms with Gasteiger partial charge in [0.05, 0.1) is 6.07 Å². The average Bonchev–Trinajstić information content (AvgIpc) is 2.65. The van der Waals surface area contributed by atoms with Gasteiger partial charge in [-0.3, -0.25) is 0 Å². The molecule has 18 heavy (non-hydrogen) atoms. The highest BCUT2D eigenvalue weighted by Gasteiger charge is 2.19. The number of nitriles is 1. The van der Waals surface area contributed by atoms with Crippen molar-refractivity contribution < 1.29 is 0 Å². The molecule has 2 rings (SSSR count). The average molecular weight is 306 g/mol. The Labute approximate surface area is 118 Å². The summed E-state index contributed by atoms with van der Waals surface area (Å²) in [6.07, 6.45) is 9.60. The van der Waals surface area contributed by atoms with Gasteiger partial charge in [0.1, 0.15) is 0 Å². The molecule has 0 N–H and O–H groups in total. The third kappa shape index (κ3) is 3.36. The summed E-state index contributed by atoms with van der Waals surface area (Å²) >= 11 is 3.72. The van der Waals surface area contributed by atoms with Gasteiger partial charge < -0.3 is 0 Å². The van der Waals surface area contributed by atoms with Crippen LogP contribution in [0.4, 0.5) is 0 Å². The second-order valence-corrected chi connectivity index (χ2v) is 6.01. The van der Waals surface area contributed by atoms with E-state index in [1.165, 1.54) is 54.1 Å². The summed E-state index contributed by atoms with van der Waals surface area (Å²) in [6.45, 7) is 0. The summed E-state index contributed by atoms with van der Waals surface area (Å²) in [5, 5.41) is 8.78. The van der Waals surface area contributed by atoms with E-state index in [1.807, 2.05) is 0 Å². The fourth-order valence-electron chi connectivity index (χ4n) is 3.02. The maximum atomic E-state index is 8.78. The zero-order valence-electron chi connectivity index (χ0n) is 10.8. The standard InChI is InChI=1S/C16H20BrN/c17-15-11-5-9-14(10-6-12-18)16(15)13-7-3-1-2-4-8-13/h5,9,11,13H,1-4,6-8,10H2. The highest BCUT2D eigenvalue weighted by molar-refractivity contribution is 9.10. The van der Waals surface area contributed by atoms with Gasteiger partial charge in [0.25, 0.3) is 0 Å². The SMILES string of the molecule is N#CCCc1cccc(Br)c1C1CCCCCC1. The van der Waals surface area contributed by atoms with E-state index in [0.717, 1.165) is 6.42 Å². The van der Waals surface area contributed by atoms with Crippen molar-refractivity contribution in [1.82, 2.24) is 0 Å². The molecule has 0 bridgehead atoms. The van der Waals surface area contributed by atoms with Crippen molar-refractivity contribution in [3.05, 3.63) is 33.8 Å². The van der Waals surface area contributed by atoms with Crippen molar-refractivity contribution in [2.75, 3.05) is 0 Å². The molecule has 0 radical (unpaired) electrons. The Morgan fingerprint density at radius 1 is 1.17 bits per heavy atom. The number of hydrogen-bond acceptors (Lipinski definition) is 1. The van der Waals surface area contributed by atoms with Gasteiger partial charge in [-0.1, -0.05) is 53.7 Å². The molecule has 1 saturated carbocycles. The normalized spacial score (nSPS) is 17.1. The summed E-state index contributed by atoms with van der Waals surface area (Å²) in [4.78, 5) is 0. The molecule has 0 saturated heterocycles. The van der Waals surface area contributed by atoms with E-state index >= 15 is 0 Å². The minimum Gasteiger partial charge on any atom is -0.198 e. The lowest BCUT2D eigenvalue weighted by molar-refractivity contribution is 0.585. The van der Waals surface area contributed by atoms with Crippen LogP contribution < -0.4 is 0 Å².